The van der Waals surface area contributed by atoms with Crippen LogP contribution < -0.4 is 17.0 Å². The van der Waals surface area contributed by atoms with E-state index in [4.69, 9.17) is 11.6 Å². The SMILES string of the molecule is Cc1c(C(=O)C(=O)/C(N)=C/NN)c(C)n(C)c1C. The third kappa shape index (κ3) is 2.14. The van der Waals surface area contributed by atoms with E-state index >= 15 is 0 Å². The number of aromatic nitrogens is 1. The Morgan fingerprint density at radius 1 is 1.22 bits per heavy atom. The second kappa shape index (κ2) is 5.05. The summed E-state index contributed by atoms with van der Waals surface area (Å²) in [6.45, 7) is 5.50. The molecule has 0 spiro atoms. The molecule has 0 aliphatic carbocycles. The summed E-state index contributed by atoms with van der Waals surface area (Å²) < 4.78 is 1.87. The molecule has 0 bridgehead atoms. The number of carbonyl (C=O) groups is 2. The molecule has 5 N–H and O–H groups in total. The Labute approximate surface area is 106 Å². The van der Waals surface area contributed by atoms with Crippen molar-refractivity contribution in [3.8, 4) is 0 Å². The van der Waals surface area contributed by atoms with Gasteiger partial charge >= 0.3 is 0 Å². The van der Waals surface area contributed by atoms with E-state index in [0.29, 0.717) is 5.56 Å². The van der Waals surface area contributed by atoms with Gasteiger partial charge in [0.05, 0.1) is 0 Å². The van der Waals surface area contributed by atoms with Crippen molar-refractivity contribution in [3.05, 3.63) is 34.4 Å². The van der Waals surface area contributed by atoms with Gasteiger partial charge in [0.2, 0.25) is 5.78 Å². The highest BCUT2D eigenvalue weighted by molar-refractivity contribution is 6.49. The second-order valence-corrected chi connectivity index (χ2v) is 4.15. The van der Waals surface area contributed by atoms with Gasteiger partial charge in [-0.2, -0.15) is 0 Å². The molecule has 6 heteroatoms. The molecule has 1 rings (SSSR count). The van der Waals surface area contributed by atoms with Gasteiger partial charge < -0.3 is 15.7 Å². The van der Waals surface area contributed by atoms with E-state index in [9.17, 15) is 9.59 Å². The lowest BCUT2D eigenvalue weighted by atomic mass is 10.0. The number of carbonyl (C=O) groups excluding carboxylic acids is 2. The predicted molar refractivity (Wildman–Crippen MR) is 68.6 cm³/mol. The van der Waals surface area contributed by atoms with Gasteiger partial charge in [0.1, 0.15) is 5.70 Å². The maximum absolute atomic E-state index is 12.1. The average Bonchev–Trinajstić information content (AvgIpc) is 2.52. The van der Waals surface area contributed by atoms with Crippen molar-refractivity contribution in [3.63, 3.8) is 0 Å². The van der Waals surface area contributed by atoms with Crippen molar-refractivity contribution >= 4 is 11.6 Å². The number of hydrogen-bond acceptors (Lipinski definition) is 5. The molecule has 0 aromatic carbocycles. The Kier molecular flexibility index (Phi) is 3.93. The van der Waals surface area contributed by atoms with Crippen LogP contribution in [0.1, 0.15) is 27.3 Å². The smallest absolute Gasteiger partial charge is 0.250 e. The van der Waals surface area contributed by atoms with Crippen LogP contribution >= 0.6 is 0 Å². The molecule has 1 aromatic heterocycles. The van der Waals surface area contributed by atoms with Crippen molar-refractivity contribution < 1.29 is 9.59 Å². The van der Waals surface area contributed by atoms with Crippen LogP contribution in [0, 0.1) is 20.8 Å². The first-order valence-corrected chi connectivity index (χ1v) is 5.46. The number of rotatable bonds is 4. The number of hydrazine groups is 1. The van der Waals surface area contributed by atoms with Crippen LogP contribution in [0.5, 0.6) is 0 Å². The Morgan fingerprint density at radius 3 is 2.17 bits per heavy atom. The van der Waals surface area contributed by atoms with Crippen LogP contribution in [-0.4, -0.2) is 16.1 Å². The number of nitrogens with two attached hydrogens (primary N) is 2. The first kappa shape index (κ1) is 14.0. The zero-order chi connectivity index (χ0) is 14.0. The van der Waals surface area contributed by atoms with Gasteiger partial charge in [-0.15, -0.1) is 0 Å². The van der Waals surface area contributed by atoms with E-state index in [1.54, 1.807) is 6.92 Å². The molecule has 0 fully saturated rings. The zero-order valence-corrected chi connectivity index (χ0v) is 11.0. The fourth-order valence-electron chi connectivity index (χ4n) is 1.86. The highest BCUT2D eigenvalue weighted by Crippen LogP contribution is 2.21. The number of nitrogens with one attached hydrogen (secondary N) is 1. The van der Waals surface area contributed by atoms with Crippen LogP contribution in [0.3, 0.4) is 0 Å². The first-order chi connectivity index (χ1) is 8.32. The Bertz CT molecular complexity index is 515. The average molecular weight is 250 g/mol. The first-order valence-electron chi connectivity index (χ1n) is 5.46. The summed E-state index contributed by atoms with van der Waals surface area (Å²) in [5.74, 6) is 3.65. The second-order valence-electron chi connectivity index (χ2n) is 4.15. The molecule has 1 aromatic rings. The van der Waals surface area contributed by atoms with Gasteiger partial charge in [-0.25, -0.2) is 0 Å². The quantitative estimate of drug-likeness (QED) is 0.229. The summed E-state index contributed by atoms with van der Waals surface area (Å²) in [6.07, 6.45) is 1.10. The molecule has 0 saturated carbocycles. The molecule has 0 amide bonds. The highest BCUT2D eigenvalue weighted by Gasteiger charge is 2.25. The topological polar surface area (TPSA) is 103 Å². The van der Waals surface area contributed by atoms with Gasteiger partial charge in [0.25, 0.3) is 5.78 Å². The van der Waals surface area contributed by atoms with Crippen LogP contribution in [0.4, 0.5) is 0 Å². The lowest BCUT2D eigenvalue weighted by Gasteiger charge is -2.02. The predicted octanol–water partition coefficient (Wildman–Crippen LogP) is -0.0344. The van der Waals surface area contributed by atoms with Crippen LogP contribution in [-0.2, 0) is 11.8 Å². The summed E-state index contributed by atoms with van der Waals surface area (Å²) in [5, 5.41) is 0. The Morgan fingerprint density at radius 2 is 1.78 bits per heavy atom. The van der Waals surface area contributed by atoms with Crippen molar-refractivity contribution in [1.82, 2.24) is 9.99 Å². The summed E-state index contributed by atoms with van der Waals surface area (Å²) in [7, 11) is 1.85. The maximum Gasteiger partial charge on any atom is 0.250 e. The normalized spacial score (nSPS) is 11.5. The minimum absolute atomic E-state index is 0.206. The van der Waals surface area contributed by atoms with E-state index in [2.05, 4.69) is 5.43 Å². The molecule has 18 heavy (non-hydrogen) atoms. The molecule has 1 heterocycles. The number of ketones is 2. The molecule has 6 nitrogen and oxygen atoms in total. The molecule has 0 radical (unpaired) electrons. The van der Waals surface area contributed by atoms with Gasteiger partial charge in [-0.1, -0.05) is 0 Å². The monoisotopic (exact) mass is 250 g/mol. The van der Waals surface area contributed by atoms with Crippen LogP contribution in [0.15, 0.2) is 11.9 Å². The molecule has 98 valence electrons. The molecular weight excluding hydrogens is 232 g/mol. The molecule has 0 atom stereocenters. The highest BCUT2D eigenvalue weighted by atomic mass is 16.2. The van der Waals surface area contributed by atoms with Crippen LogP contribution in [0.2, 0.25) is 0 Å². The number of Topliss-reactive ketones (excluding diaryl/α,β-unsaturated/α-hetero) is 2. The van der Waals surface area contributed by atoms with E-state index in [1.165, 1.54) is 0 Å². The standard InChI is InChI=1S/C12H18N4O2/c1-6-7(2)16(4)8(3)10(6)12(18)11(17)9(13)5-15-14/h5,15H,13-14H2,1-4H3/b9-5-. The third-order valence-electron chi connectivity index (χ3n) is 3.22. The Balaban J connectivity index is 3.25. The minimum atomic E-state index is -0.759. The summed E-state index contributed by atoms with van der Waals surface area (Å²) in [5.41, 5.74) is 10.3. The summed E-state index contributed by atoms with van der Waals surface area (Å²) >= 11 is 0. The van der Waals surface area contributed by atoms with Crippen molar-refractivity contribution in [2.24, 2.45) is 18.6 Å². The molecular formula is C12H18N4O2. The molecule has 0 aliphatic heterocycles. The van der Waals surface area contributed by atoms with E-state index in [-0.39, 0.29) is 5.70 Å². The largest absolute Gasteiger partial charge is 0.394 e. The van der Waals surface area contributed by atoms with Crippen LogP contribution in [0.25, 0.3) is 0 Å². The number of nitrogens with zero attached hydrogens (tertiary/aromatic N) is 1. The molecule has 0 aliphatic rings. The number of allylic oxidation sites excluding steroid dienone is 1. The van der Waals surface area contributed by atoms with Crippen molar-refractivity contribution in [2.45, 2.75) is 20.8 Å². The van der Waals surface area contributed by atoms with Crippen molar-refractivity contribution in [1.29, 1.82) is 0 Å². The van der Waals surface area contributed by atoms with Gasteiger partial charge in [0, 0.05) is 30.2 Å². The molecule has 0 saturated heterocycles. The molecule has 0 unspecified atom stereocenters. The fraction of sp³-hybridized carbons (Fsp3) is 0.333. The minimum Gasteiger partial charge on any atom is -0.394 e. The lowest BCUT2D eigenvalue weighted by Crippen LogP contribution is -2.26. The van der Waals surface area contributed by atoms with Gasteiger partial charge in [-0.3, -0.25) is 15.4 Å². The fourth-order valence-corrected chi connectivity index (χ4v) is 1.86. The van der Waals surface area contributed by atoms with Gasteiger partial charge in [-0.05, 0) is 26.3 Å². The van der Waals surface area contributed by atoms with E-state index in [0.717, 1.165) is 23.2 Å². The Hall–Kier alpha value is -2.08. The number of hydrogen-bond donors (Lipinski definition) is 3. The maximum atomic E-state index is 12.1. The van der Waals surface area contributed by atoms with Gasteiger partial charge in [0.15, 0.2) is 0 Å². The van der Waals surface area contributed by atoms with E-state index in [1.807, 2.05) is 25.5 Å². The zero-order valence-electron chi connectivity index (χ0n) is 11.0. The lowest BCUT2D eigenvalue weighted by molar-refractivity contribution is -0.111. The summed E-state index contributed by atoms with van der Waals surface area (Å²) in [6, 6.07) is 0. The summed E-state index contributed by atoms with van der Waals surface area (Å²) in [4.78, 5) is 23.9. The third-order valence-corrected chi connectivity index (χ3v) is 3.22. The van der Waals surface area contributed by atoms with E-state index < -0.39 is 11.6 Å². The van der Waals surface area contributed by atoms with Crippen molar-refractivity contribution in [2.75, 3.05) is 0 Å².